The molecule has 0 spiro atoms. The van der Waals surface area contributed by atoms with E-state index in [1.807, 2.05) is 0 Å². The van der Waals surface area contributed by atoms with E-state index in [2.05, 4.69) is 68.0 Å². The van der Waals surface area contributed by atoms with Crippen LogP contribution in [-0.2, 0) is 13.1 Å². The third-order valence-electron chi connectivity index (χ3n) is 3.18. The molecule has 0 saturated carbocycles. The molecule has 18 heavy (non-hydrogen) atoms. The van der Waals surface area contributed by atoms with E-state index < -0.39 is 0 Å². The van der Waals surface area contributed by atoms with Gasteiger partial charge in [0.15, 0.2) is 0 Å². The van der Waals surface area contributed by atoms with Crippen LogP contribution in [0.2, 0.25) is 0 Å². The first-order valence-corrected chi connectivity index (χ1v) is 7.05. The van der Waals surface area contributed by atoms with E-state index in [1.54, 1.807) is 0 Å². The van der Waals surface area contributed by atoms with E-state index in [0.29, 0.717) is 6.04 Å². The molecule has 0 amide bonds. The number of hydrogen-bond donors (Lipinski definition) is 1. The van der Waals surface area contributed by atoms with Gasteiger partial charge in [0.05, 0.1) is 0 Å². The Kier molecular flexibility index (Phi) is 6.44. The normalized spacial score (nSPS) is 13.5. The number of nitrogens with zero attached hydrogens (tertiary/aromatic N) is 2. The summed E-state index contributed by atoms with van der Waals surface area (Å²) in [4.78, 5) is 2.26. The highest BCUT2D eigenvalue weighted by Crippen LogP contribution is 2.08. The lowest BCUT2D eigenvalue weighted by molar-refractivity contribution is 0.303. The highest BCUT2D eigenvalue weighted by molar-refractivity contribution is 5.06. The molecule has 0 radical (unpaired) electrons. The number of aromatic nitrogens is 1. The summed E-state index contributed by atoms with van der Waals surface area (Å²) in [6, 6.07) is 4.91. The lowest BCUT2D eigenvalue weighted by Crippen LogP contribution is -2.39. The van der Waals surface area contributed by atoms with Gasteiger partial charge in [-0.3, -0.25) is 0 Å². The molecule has 1 aromatic rings. The van der Waals surface area contributed by atoms with Crippen LogP contribution in [0.15, 0.2) is 18.3 Å². The third kappa shape index (κ3) is 5.23. The second-order valence-corrected chi connectivity index (χ2v) is 5.76. The Balaban J connectivity index is 2.50. The fraction of sp³-hybridized carbons (Fsp3) is 0.733. The zero-order valence-electron chi connectivity index (χ0n) is 12.6. The van der Waals surface area contributed by atoms with Gasteiger partial charge in [-0.25, -0.2) is 0 Å². The Morgan fingerprint density at radius 1 is 1.33 bits per heavy atom. The van der Waals surface area contributed by atoms with E-state index in [-0.39, 0.29) is 0 Å². The second kappa shape index (κ2) is 7.59. The van der Waals surface area contributed by atoms with Gasteiger partial charge >= 0.3 is 0 Å². The average molecular weight is 251 g/mol. The van der Waals surface area contributed by atoms with Crippen molar-refractivity contribution in [1.82, 2.24) is 14.8 Å². The highest BCUT2D eigenvalue weighted by Gasteiger charge is 2.12. The Bertz CT molecular complexity index is 318. The molecule has 1 unspecified atom stereocenters. The van der Waals surface area contributed by atoms with Crippen LogP contribution in [0.1, 0.15) is 32.9 Å². The smallest absolute Gasteiger partial charge is 0.0362 e. The van der Waals surface area contributed by atoms with Crippen LogP contribution in [0.25, 0.3) is 0 Å². The summed E-state index contributed by atoms with van der Waals surface area (Å²) < 4.78 is 2.30. The number of likely N-dealkylation sites (N-methyl/N-ethyl adjacent to an activating group) is 1. The third-order valence-corrected chi connectivity index (χ3v) is 3.18. The molecule has 104 valence electrons. The predicted molar refractivity (Wildman–Crippen MR) is 78.7 cm³/mol. The van der Waals surface area contributed by atoms with Crippen molar-refractivity contribution < 1.29 is 0 Å². The number of aryl methyl sites for hydroxylation is 1. The van der Waals surface area contributed by atoms with Crippen molar-refractivity contribution in [2.24, 2.45) is 5.92 Å². The summed E-state index contributed by atoms with van der Waals surface area (Å²) >= 11 is 0. The van der Waals surface area contributed by atoms with Crippen molar-refractivity contribution in [3.8, 4) is 0 Å². The first kappa shape index (κ1) is 15.3. The zero-order valence-corrected chi connectivity index (χ0v) is 12.6. The molecule has 0 bridgehead atoms. The highest BCUT2D eigenvalue weighted by atomic mass is 15.1. The molecule has 1 atom stereocenters. The van der Waals surface area contributed by atoms with Crippen LogP contribution in [-0.4, -0.2) is 36.1 Å². The summed E-state index contributed by atoms with van der Waals surface area (Å²) in [5.74, 6) is 0.736. The largest absolute Gasteiger partial charge is 0.351 e. The second-order valence-electron chi connectivity index (χ2n) is 5.76. The van der Waals surface area contributed by atoms with Crippen molar-refractivity contribution in [2.45, 2.75) is 46.3 Å². The predicted octanol–water partition coefficient (Wildman–Crippen LogP) is 2.57. The van der Waals surface area contributed by atoms with Crippen molar-refractivity contribution in [1.29, 1.82) is 0 Å². The molecule has 1 N–H and O–H groups in total. The van der Waals surface area contributed by atoms with E-state index in [9.17, 15) is 0 Å². The van der Waals surface area contributed by atoms with Crippen molar-refractivity contribution in [3.05, 3.63) is 24.0 Å². The summed E-state index contributed by atoms with van der Waals surface area (Å²) in [7, 11) is 4.29. The SMILES string of the molecule is CCn1cccc1CNC(CC(C)C)CN(C)C. The summed E-state index contributed by atoms with van der Waals surface area (Å²) in [5, 5.41) is 3.70. The minimum atomic E-state index is 0.570. The lowest BCUT2D eigenvalue weighted by Gasteiger charge is -2.24. The van der Waals surface area contributed by atoms with E-state index in [4.69, 9.17) is 0 Å². The molecule has 0 aliphatic heterocycles. The van der Waals surface area contributed by atoms with Crippen LogP contribution in [0.3, 0.4) is 0 Å². The molecular formula is C15H29N3. The monoisotopic (exact) mass is 251 g/mol. The van der Waals surface area contributed by atoms with E-state index in [0.717, 1.165) is 25.6 Å². The number of rotatable bonds is 8. The van der Waals surface area contributed by atoms with Crippen molar-refractivity contribution in [3.63, 3.8) is 0 Å². The molecule has 0 aliphatic rings. The summed E-state index contributed by atoms with van der Waals surface area (Å²) in [6.07, 6.45) is 3.38. The van der Waals surface area contributed by atoms with Crippen LogP contribution in [0.5, 0.6) is 0 Å². The van der Waals surface area contributed by atoms with Gasteiger partial charge in [-0.1, -0.05) is 13.8 Å². The first-order valence-electron chi connectivity index (χ1n) is 7.05. The maximum atomic E-state index is 3.70. The molecule has 0 saturated heterocycles. The van der Waals surface area contributed by atoms with Crippen molar-refractivity contribution in [2.75, 3.05) is 20.6 Å². The zero-order chi connectivity index (χ0) is 13.5. The van der Waals surface area contributed by atoms with Crippen LogP contribution in [0, 0.1) is 5.92 Å². The van der Waals surface area contributed by atoms with E-state index >= 15 is 0 Å². The van der Waals surface area contributed by atoms with Gasteiger partial charge < -0.3 is 14.8 Å². The number of nitrogens with one attached hydrogen (secondary N) is 1. The van der Waals surface area contributed by atoms with Gasteiger partial charge in [-0.05, 0) is 45.5 Å². The van der Waals surface area contributed by atoms with Crippen molar-refractivity contribution >= 4 is 0 Å². The van der Waals surface area contributed by atoms with Gasteiger partial charge in [0.2, 0.25) is 0 Å². The van der Waals surface area contributed by atoms with Gasteiger partial charge in [0, 0.05) is 37.6 Å². The standard InChI is InChI=1S/C15H29N3/c1-6-18-9-7-8-15(18)11-16-14(10-13(2)3)12-17(4)5/h7-9,13-14,16H,6,10-12H2,1-5H3. The molecule has 3 nitrogen and oxygen atoms in total. The van der Waals surface area contributed by atoms with Gasteiger partial charge in [-0.2, -0.15) is 0 Å². The van der Waals surface area contributed by atoms with Gasteiger partial charge in [0.1, 0.15) is 0 Å². The average Bonchev–Trinajstić information content (AvgIpc) is 2.71. The van der Waals surface area contributed by atoms with Gasteiger partial charge in [0.25, 0.3) is 0 Å². The molecule has 0 aliphatic carbocycles. The maximum absolute atomic E-state index is 3.70. The lowest BCUT2D eigenvalue weighted by atomic mass is 10.0. The topological polar surface area (TPSA) is 20.2 Å². The summed E-state index contributed by atoms with van der Waals surface area (Å²) in [5.41, 5.74) is 1.38. The quantitative estimate of drug-likeness (QED) is 0.766. The van der Waals surface area contributed by atoms with Crippen LogP contribution < -0.4 is 5.32 Å². The van der Waals surface area contributed by atoms with Gasteiger partial charge in [-0.15, -0.1) is 0 Å². The molecule has 3 heteroatoms. The number of hydrogen-bond acceptors (Lipinski definition) is 2. The Labute approximate surface area is 112 Å². The van der Waals surface area contributed by atoms with Crippen LogP contribution in [0.4, 0.5) is 0 Å². The molecule has 0 fully saturated rings. The Morgan fingerprint density at radius 3 is 2.61 bits per heavy atom. The molecular weight excluding hydrogens is 222 g/mol. The Hall–Kier alpha value is -0.800. The maximum Gasteiger partial charge on any atom is 0.0362 e. The fourth-order valence-electron chi connectivity index (χ4n) is 2.40. The fourth-order valence-corrected chi connectivity index (χ4v) is 2.40. The molecule has 1 aromatic heterocycles. The molecule has 1 heterocycles. The minimum Gasteiger partial charge on any atom is -0.351 e. The Morgan fingerprint density at radius 2 is 2.06 bits per heavy atom. The summed E-state index contributed by atoms with van der Waals surface area (Å²) in [6.45, 7) is 9.89. The molecule has 0 aromatic carbocycles. The minimum absolute atomic E-state index is 0.570. The van der Waals surface area contributed by atoms with Crippen LogP contribution >= 0.6 is 0 Å². The van der Waals surface area contributed by atoms with E-state index in [1.165, 1.54) is 12.1 Å². The molecule has 1 rings (SSSR count). The first-order chi connectivity index (χ1) is 8.52.